The third-order valence-electron chi connectivity index (χ3n) is 19.3. The molecule has 0 N–H and O–H groups in total. The average molecular weight is 1250 g/mol. The van der Waals surface area contributed by atoms with Crippen LogP contribution in [0.25, 0.3) is 199 Å². The normalized spacial score (nSPS) is 11.7. The fourth-order valence-electron chi connectivity index (χ4n) is 14.7. The highest BCUT2D eigenvalue weighted by atomic mass is 16.3. The van der Waals surface area contributed by atoms with E-state index in [9.17, 15) is 0 Å². The van der Waals surface area contributed by atoms with E-state index in [4.69, 9.17) is 28.8 Å². The van der Waals surface area contributed by atoms with Gasteiger partial charge in [-0.05, 0) is 148 Å². The summed E-state index contributed by atoms with van der Waals surface area (Å²) in [5.41, 5.74) is 17.7. The number of benzene rings is 16. The van der Waals surface area contributed by atoms with Gasteiger partial charge < -0.3 is 8.83 Å². The van der Waals surface area contributed by atoms with Gasteiger partial charge in [0.05, 0.1) is 22.8 Å². The lowest BCUT2D eigenvalue weighted by Gasteiger charge is -2.14. The van der Waals surface area contributed by atoms with Gasteiger partial charge in [0, 0.05) is 54.9 Å². The highest BCUT2D eigenvalue weighted by Gasteiger charge is 2.20. The van der Waals surface area contributed by atoms with E-state index in [2.05, 4.69) is 267 Å². The maximum absolute atomic E-state index is 6.51. The molecule has 20 aromatic rings. The summed E-state index contributed by atoms with van der Waals surface area (Å²) >= 11 is 0. The van der Waals surface area contributed by atoms with Crippen LogP contribution in [0.4, 0.5) is 0 Å². The highest BCUT2D eigenvalue weighted by Crippen LogP contribution is 2.45. The first-order chi connectivity index (χ1) is 48.6. The fourth-order valence-corrected chi connectivity index (χ4v) is 14.7. The van der Waals surface area contributed by atoms with Crippen LogP contribution in [0, 0.1) is 0 Å². The number of hydrogen-bond donors (Lipinski definition) is 0. The van der Waals surface area contributed by atoms with Crippen LogP contribution >= 0.6 is 0 Å². The van der Waals surface area contributed by atoms with Crippen LogP contribution in [-0.2, 0) is 0 Å². The maximum atomic E-state index is 6.51. The number of fused-ring (bicyclic) bond motifs is 18. The second-order valence-corrected chi connectivity index (χ2v) is 25.1. The molecule has 20 rings (SSSR count). The first-order valence-electron chi connectivity index (χ1n) is 33.2. The fraction of sp³-hybridized carbons (Fsp3) is 0. The molecular weight excluding hydrogens is 1190 g/mol. The molecule has 16 aromatic carbocycles. The number of hydrogen-bond acceptors (Lipinski definition) is 6. The zero-order chi connectivity index (χ0) is 64.6. The molecule has 6 heteroatoms. The van der Waals surface area contributed by atoms with E-state index in [1.54, 1.807) is 0 Å². The van der Waals surface area contributed by atoms with Gasteiger partial charge in [-0.3, -0.25) is 0 Å². The minimum Gasteiger partial charge on any atom is -0.456 e. The van der Waals surface area contributed by atoms with Crippen molar-refractivity contribution in [1.82, 2.24) is 19.9 Å². The molecule has 0 saturated heterocycles. The van der Waals surface area contributed by atoms with Crippen LogP contribution in [0.3, 0.4) is 0 Å². The lowest BCUT2D eigenvalue weighted by atomic mass is 9.89. The van der Waals surface area contributed by atoms with Gasteiger partial charge in [0.1, 0.15) is 22.3 Å². The summed E-state index contributed by atoms with van der Waals surface area (Å²) < 4.78 is 13.0. The zero-order valence-electron chi connectivity index (χ0n) is 52.9. The Morgan fingerprint density at radius 3 is 0.857 bits per heavy atom. The molecule has 0 saturated carbocycles. The third kappa shape index (κ3) is 9.73. The van der Waals surface area contributed by atoms with Crippen LogP contribution in [0.2, 0.25) is 0 Å². The minimum absolute atomic E-state index is 0.665. The van der Waals surface area contributed by atoms with Crippen molar-refractivity contribution in [2.45, 2.75) is 0 Å². The Balaban J connectivity index is 0.000000137. The lowest BCUT2D eigenvalue weighted by molar-refractivity contribution is 0.668. The quantitative estimate of drug-likeness (QED) is 0.141. The summed E-state index contributed by atoms with van der Waals surface area (Å²) in [5, 5.41) is 19.6. The van der Waals surface area contributed by atoms with Crippen molar-refractivity contribution in [3.8, 4) is 90.1 Å². The smallest absolute Gasteiger partial charge is 0.160 e. The lowest BCUT2D eigenvalue weighted by Crippen LogP contribution is -1.95. The minimum atomic E-state index is 0.665. The highest BCUT2D eigenvalue weighted by molar-refractivity contribution is 6.30. The molecule has 0 atom stereocenters. The molecule has 6 nitrogen and oxygen atoms in total. The summed E-state index contributed by atoms with van der Waals surface area (Å²) in [6, 6.07) is 119. The largest absolute Gasteiger partial charge is 0.456 e. The predicted molar refractivity (Wildman–Crippen MR) is 407 cm³/mol. The van der Waals surface area contributed by atoms with E-state index in [0.29, 0.717) is 11.6 Å². The standard InChI is InChI=1S/2C46H28N2O/c1-3-12-29(13-4-1)41-28-42(48-46(47-41)30-14-5-2-6-15-30)32-22-24-37-40-26-31(23-25-43(40)49-44(37)27-32)33-20-11-21-39-36-17-8-7-16-34(36)35-18-9-10-19-38(35)45(33)39;1-3-12-29(13-4-1)41-28-42(30-14-5-2-6-15-30)48-46(47-41)32-22-24-37-40-26-31(23-25-43(40)49-44(37)27-32)33-20-11-21-39-36-17-8-7-16-34(36)35-18-9-10-19-38(35)45(33)39/h2*1-28H. The van der Waals surface area contributed by atoms with Crippen LogP contribution in [0.5, 0.6) is 0 Å². The van der Waals surface area contributed by atoms with Gasteiger partial charge in [-0.1, -0.05) is 279 Å². The Morgan fingerprint density at radius 1 is 0.163 bits per heavy atom. The summed E-state index contributed by atoms with van der Waals surface area (Å²) in [7, 11) is 0. The van der Waals surface area contributed by atoms with Crippen molar-refractivity contribution < 1.29 is 8.83 Å². The molecule has 0 aliphatic rings. The summed E-state index contributed by atoms with van der Waals surface area (Å²) in [6.07, 6.45) is 0. The van der Waals surface area contributed by atoms with E-state index in [-0.39, 0.29) is 0 Å². The monoisotopic (exact) mass is 1250 g/mol. The van der Waals surface area contributed by atoms with Crippen molar-refractivity contribution in [2.24, 2.45) is 0 Å². The van der Waals surface area contributed by atoms with Gasteiger partial charge >= 0.3 is 0 Å². The number of rotatable bonds is 8. The van der Waals surface area contributed by atoms with Crippen molar-refractivity contribution in [2.75, 3.05) is 0 Å². The maximum Gasteiger partial charge on any atom is 0.160 e. The molecular formula is C92H56N4O2. The predicted octanol–water partition coefficient (Wildman–Crippen LogP) is 25.0. The summed E-state index contributed by atoms with van der Waals surface area (Å²) in [4.78, 5) is 20.1. The molecule has 0 fully saturated rings. The second-order valence-electron chi connectivity index (χ2n) is 25.1. The van der Waals surface area contributed by atoms with E-state index >= 15 is 0 Å². The molecule has 0 bridgehead atoms. The van der Waals surface area contributed by atoms with E-state index in [0.717, 1.165) is 106 Å². The van der Waals surface area contributed by atoms with Gasteiger partial charge in [-0.15, -0.1) is 0 Å². The molecule has 0 aliphatic carbocycles. The second kappa shape index (κ2) is 23.4. The molecule has 0 aliphatic heterocycles. The van der Waals surface area contributed by atoms with Gasteiger partial charge in [-0.2, -0.15) is 0 Å². The first kappa shape index (κ1) is 56.4. The Hall–Kier alpha value is -13.2. The van der Waals surface area contributed by atoms with Crippen LogP contribution in [0.1, 0.15) is 0 Å². The Bertz CT molecular complexity index is 5940. The van der Waals surface area contributed by atoms with Crippen LogP contribution in [-0.4, -0.2) is 19.9 Å². The first-order valence-corrected chi connectivity index (χ1v) is 33.2. The molecule has 456 valence electrons. The molecule has 4 aromatic heterocycles. The topological polar surface area (TPSA) is 77.8 Å². The third-order valence-corrected chi connectivity index (χ3v) is 19.3. The van der Waals surface area contributed by atoms with Crippen LogP contribution in [0.15, 0.2) is 349 Å². The van der Waals surface area contributed by atoms with E-state index < -0.39 is 0 Å². The zero-order valence-corrected chi connectivity index (χ0v) is 52.9. The number of furan rings is 2. The Kier molecular flexibility index (Phi) is 13.5. The number of aromatic nitrogens is 4. The van der Waals surface area contributed by atoms with Crippen molar-refractivity contribution in [1.29, 1.82) is 0 Å². The molecule has 0 spiro atoms. The van der Waals surface area contributed by atoms with E-state index in [1.807, 2.05) is 72.8 Å². The molecule has 0 unspecified atom stereocenters. The molecule has 4 heterocycles. The van der Waals surface area contributed by atoms with Gasteiger partial charge in [0.2, 0.25) is 0 Å². The van der Waals surface area contributed by atoms with Crippen LogP contribution < -0.4 is 0 Å². The Morgan fingerprint density at radius 2 is 0.459 bits per heavy atom. The molecule has 98 heavy (non-hydrogen) atoms. The van der Waals surface area contributed by atoms with Gasteiger partial charge in [0.15, 0.2) is 11.6 Å². The average Bonchev–Trinajstić information content (AvgIpc) is 0.768. The van der Waals surface area contributed by atoms with Gasteiger partial charge in [0.25, 0.3) is 0 Å². The SMILES string of the molecule is c1ccc(-c2cc(-c3ccc4c(c3)oc3ccc(-c5cccc6c7ccccc7c7ccccc7c56)cc34)nc(-c3ccccc3)n2)cc1.c1ccc(-c2cc(-c3ccccc3)nc(-c3ccc4c(c3)oc3ccc(-c5cccc6c7ccccc7c7ccccc7c56)cc34)n2)cc1. The number of nitrogens with zero attached hydrogens (tertiary/aromatic N) is 4. The summed E-state index contributed by atoms with van der Waals surface area (Å²) in [6.45, 7) is 0. The van der Waals surface area contributed by atoms with Gasteiger partial charge in [-0.25, -0.2) is 19.9 Å². The van der Waals surface area contributed by atoms with Crippen molar-refractivity contribution in [3.63, 3.8) is 0 Å². The molecule has 0 amide bonds. The Labute approximate surface area is 563 Å². The van der Waals surface area contributed by atoms with Crippen molar-refractivity contribution >= 4 is 109 Å². The van der Waals surface area contributed by atoms with E-state index in [1.165, 1.54) is 81.3 Å². The molecule has 0 radical (unpaired) electrons. The summed E-state index contributed by atoms with van der Waals surface area (Å²) in [5.74, 6) is 1.36. The van der Waals surface area contributed by atoms with Crippen molar-refractivity contribution in [3.05, 3.63) is 340 Å².